The van der Waals surface area contributed by atoms with Crippen LogP contribution in [0.15, 0.2) is 36.5 Å². The Morgan fingerprint density at radius 1 is 1.16 bits per heavy atom. The van der Waals surface area contributed by atoms with Crippen molar-refractivity contribution in [2.75, 3.05) is 6.54 Å². The largest absolute Gasteiger partial charge is 0.335 e. The van der Waals surface area contributed by atoms with Gasteiger partial charge in [-0.25, -0.2) is 18.3 Å². The fourth-order valence-electron chi connectivity index (χ4n) is 6.02. The number of likely N-dealkylation sites (tertiary alicyclic amines) is 1. The summed E-state index contributed by atoms with van der Waals surface area (Å²) in [5.74, 6) is -0.166. The van der Waals surface area contributed by atoms with E-state index in [0.717, 1.165) is 34.9 Å². The van der Waals surface area contributed by atoms with Gasteiger partial charge in [0.15, 0.2) is 5.65 Å². The Hall–Kier alpha value is -2.83. The summed E-state index contributed by atoms with van der Waals surface area (Å²) in [6, 6.07) is 9.05. The van der Waals surface area contributed by atoms with E-state index in [1.807, 2.05) is 36.1 Å². The number of rotatable bonds is 3. The van der Waals surface area contributed by atoms with E-state index < -0.39 is 6.43 Å². The summed E-state index contributed by atoms with van der Waals surface area (Å²) in [5.41, 5.74) is 2.68. The number of halogens is 2. The predicted molar refractivity (Wildman–Crippen MR) is 119 cm³/mol. The van der Waals surface area contributed by atoms with Gasteiger partial charge in [-0.05, 0) is 43.1 Å². The molecular formula is C25H28F2N4O. The van der Waals surface area contributed by atoms with Crippen LogP contribution < -0.4 is 0 Å². The topological polar surface area (TPSA) is 50.5 Å². The Kier molecular flexibility index (Phi) is 4.66. The van der Waals surface area contributed by atoms with E-state index in [2.05, 4.69) is 30.9 Å². The van der Waals surface area contributed by atoms with Gasteiger partial charge >= 0.3 is 0 Å². The first-order valence-electron chi connectivity index (χ1n) is 11.1. The second-order valence-corrected chi connectivity index (χ2v) is 10.7. The molecule has 5 rings (SSSR count). The van der Waals surface area contributed by atoms with Gasteiger partial charge in [-0.1, -0.05) is 50.6 Å². The minimum absolute atomic E-state index is 0.0830. The number of carbonyl (C=O) groups excluding carboxylic acids is 1. The van der Waals surface area contributed by atoms with Crippen molar-refractivity contribution in [3.8, 4) is 11.3 Å². The molecular weight excluding hydrogens is 410 g/mol. The SMILES string of the molecule is Cc1ccc(-c2cc(C(F)F)n3ncc(C(=O)N4C[C@@]5(C)C[C@@H]4CC(C)(C)C5)c3n2)cc1. The van der Waals surface area contributed by atoms with Crippen LogP contribution in [0.5, 0.6) is 0 Å². The summed E-state index contributed by atoms with van der Waals surface area (Å²) in [6.45, 7) is 9.40. The van der Waals surface area contributed by atoms with Crippen molar-refractivity contribution >= 4 is 11.6 Å². The summed E-state index contributed by atoms with van der Waals surface area (Å²) in [5, 5.41) is 4.14. The van der Waals surface area contributed by atoms with Gasteiger partial charge in [0.2, 0.25) is 0 Å². The van der Waals surface area contributed by atoms with Gasteiger partial charge in [0.05, 0.1) is 11.9 Å². The van der Waals surface area contributed by atoms with Crippen molar-refractivity contribution in [3.63, 3.8) is 0 Å². The van der Waals surface area contributed by atoms with Gasteiger partial charge in [0.1, 0.15) is 11.3 Å². The average Bonchev–Trinajstić information content (AvgIpc) is 3.24. The third-order valence-electron chi connectivity index (χ3n) is 6.98. The smallest absolute Gasteiger partial charge is 0.280 e. The molecule has 2 atom stereocenters. The van der Waals surface area contributed by atoms with E-state index >= 15 is 0 Å². The molecule has 7 heteroatoms. The van der Waals surface area contributed by atoms with Crippen LogP contribution in [0.4, 0.5) is 8.78 Å². The number of hydrogen-bond donors (Lipinski definition) is 0. The zero-order valence-electron chi connectivity index (χ0n) is 18.9. The van der Waals surface area contributed by atoms with Crippen LogP contribution in [0.2, 0.25) is 0 Å². The highest BCUT2D eigenvalue weighted by molar-refractivity contribution is 6.00. The second kappa shape index (κ2) is 7.09. The molecule has 1 saturated carbocycles. The highest BCUT2D eigenvalue weighted by atomic mass is 19.3. The van der Waals surface area contributed by atoms with Gasteiger partial charge in [-0.3, -0.25) is 4.79 Å². The molecule has 0 unspecified atom stereocenters. The van der Waals surface area contributed by atoms with Gasteiger partial charge in [-0.2, -0.15) is 5.10 Å². The zero-order chi connectivity index (χ0) is 22.8. The standard InChI is InChI=1S/C25H28F2N4O/c1-15-5-7-16(8-6-15)19-9-20(21(26)27)31-22(29-19)18(12-28-31)23(32)30-14-25(4)11-17(30)10-24(2,3)13-25/h5-9,12,17,21H,10-11,13-14H2,1-4H3/t17-,25-/m0/s1. The van der Waals surface area contributed by atoms with E-state index in [1.165, 1.54) is 12.3 Å². The first kappa shape index (κ1) is 21.0. The molecule has 1 aliphatic heterocycles. The minimum Gasteiger partial charge on any atom is -0.335 e. The molecule has 0 radical (unpaired) electrons. The van der Waals surface area contributed by atoms with Crippen LogP contribution >= 0.6 is 0 Å². The number of fused-ring (bicyclic) bond motifs is 3. The molecule has 2 fully saturated rings. The van der Waals surface area contributed by atoms with Crippen LogP contribution in [-0.4, -0.2) is 38.0 Å². The van der Waals surface area contributed by atoms with Crippen LogP contribution in [0.1, 0.15) is 68.1 Å². The summed E-state index contributed by atoms with van der Waals surface area (Å²) in [6.07, 6.45) is 1.65. The van der Waals surface area contributed by atoms with Gasteiger partial charge in [0, 0.05) is 18.2 Å². The predicted octanol–water partition coefficient (Wildman–Crippen LogP) is 5.68. The first-order chi connectivity index (χ1) is 15.1. The number of alkyl halides is 2. The van der Waals surface area contributed by atoms with Gasteiger partial charge in [0.25, 0.3) is 12.3 Å². The fourth-order valence-corrected chi connectivity index (χ4v) is 6.02. The molecule has 1 saturated heterocycles. The number of benzene rings is 1. The van der Waals surface area contributed by atoms with E-state index in [4.69, 9.17) is 0 Å². The average molecular weight is 439 g/mol. The third kappa shape index (κ3) is 3.48. The summed E-state index contributed by atoms with van der Waals surface area (Å²) >= 11 is 0. The summed E-state index contributed by atoms with van der Waals surface area (Å²) in [4.78, 5) is 20.2. The van der Waals surface area contributed by atoms with Crippen molar-refractivity contribution in [2.24, 2.45) is 10.8 Å². The molecule has 5 nitrogen and oxygen atoms in total. The first-order valence-corrected chi connectivity index (χ1v) is 11.1. The van der Waals surface area contributed by atoms with Crippen molar-refractivity contribution in [1.82, 2.24) is 19.5 Å². The van der Waals surface area contributed by atoms with Crippen molar-refractivity contribution in [2.45, 2.75) is 59.4 Å². The van der Waals surface area contributed by atoms with Crippen molar-refractivity contribution in [1.29, 1.82) is 0 Å². The van der Waals surface area contributed by atoms with Crippen molar-refractivity contribution < 1.29 is 13.6 Å². The van der Waals surface area contributed by atoms with Crippen LogP contribution in [0.3, 0.4) is 0 Å². The molecule has 0 N–H and O–H groups in total. The lowest BCUT2D eigenvalue weighted by atomic mass is 9.65. The monoisotopic (exact) mass is 438 g/mol. The fraction of sp³-hybridized carbons (Fsp3) is 0.480. The Morgan fingerprint density at radius 3 is 2.56 bits per heavy atom. The highest BCUT2D eigenvalue weighted by Gasteiger charge is 2.51. The van der Waals surface area contributed by atoms with E-state index in [1.54, 1.807) is 0 Å². The summed E-state index contributed by atoms with van der Waals surface area (Å²) < 4.78 is 28.9. The number of hydrogen-bond acceptors (Lipinski definition) is 3. The maximum atomic E-state index is 13.9. The zero-order valence-corrected chi connectivity index (χ0v) is 18.9. The van der Waals surface area contributed by atoms with Crippen LogP contribution in [0.25, 0.3) is 16.9 Å². The molecule has 1 aromatic carbocycles. The van der Waals surface area contributed by atoms with Gasteiger partial charge in [-0.15, -0.1) is 0 Å². The quantitative estimate of drug-likeness (QED) is 0.528. The Bertz CT molecular complexity index is 1200. The second-order valence-electron chi connectivity index (χ2n) is 10.7. The number of amides is 1. The Morgan fingerprint density at radius 2 is 1.88 bits per heavy atom. The molecule has 2 bridgehead atoms. The number of nitrogens with zero attached hydrogens (tertiary/aromatic N) is 4. The molecule has 3 heterocycles. The molecule has 1 amide bonds. The van der Waals surface area contributed by atoms with Crippen LogP contribution in [0, 0.1) is 17.8 Å². The van der Waals surface area contributed by atoms with E-state index in [-0.39, 0.29) is 39.7 Å². The normalized spacial score (nSPS) is 24.5. The van der Waals surface area contributed by atoms with Crippen molar-refractivity contribution in [3.05, 3.63) is 53.3 Å². The molecule has 0 spiro atoms. The number of carbonyl (C=O) groups is 1. The van der Waals surface area contributed by atoms with Gasteiger partial charge < -0.3 is 4.90 Å². The third-order valence-corrected chi connectivity index (χ3v) is 6.98. The molecule has 32 heavy (non-hydrogen) atoms. The number of aromatic nitrogens is 3. The molecule has 1 aliphatic carbocycles. The molecule has 168 valence electrons. The van der Waals surface area contributed by atoms with Crippen LogP contribution in [-0.2, 0) is 0 Å². The van der Waals surface area contributed by atoms with E-state index in [9.17, 15) is 13.6 Å². The minimum atomic E-state index is -2.74. The summed E-state index contributed by atoms with van der Waals surface area (Å²) in [7, 11) is 0. The molecule has 3 aromatic rings. The maximum absolute atomic E-state index is 13.9. The Labute approximate surface area is 186 Å². The molecule has 2 aliphatic rings. The molecule has 2 aromatic heterocycles. The highest BCUT2D eigenvalue weighted by Crippen LogP contribution is 2.52. The van der Waals surface area contributed by atoms with E-state index in [0.29, 0.717) is 12.2 Å². The Balaban J connectivity index is 1.59. The number of aryl methyl sites for hydroxylation is 1. The lowest BCUT2D eigenvalue weighted by molar-refractivity contribution is 0.0709. The maximum Gasteiger partial charge on any atom is 0.280 e. The lowest BCUT2D eigenvalue weighted by Crippen LogP contribution is -2.37. The lowest BCUT2D eigenvalue weighted by Gasteiger charge is -2.39.